The van der Waals surface area contributed by atoms with Gasteiger partial charge < -0.3 is 4.57 Å². The molecule has 16 heavy (non-hydrogen) atoms. The fraction of sp³-hybridized carbons (Fsp3) is 0.200. The van der Waals surface area contributed by atoms with Crippen LogP contribution in [-0.2, 0) is 7.05 Å². The highest BCUT2D eigenvalue weighted by atomic mass is 19.1. The summed E-state index contributed by atoms with van der Waals surface area (Å²) >= 11 is 0. The molecule has 0 saturated heterocycles. The Labute approximate surface area is 92.1 Å². The number of nitrogens with zero attached hydrogens (tertiary/aromatic N) is 3. The lowest BCUT2D eigenvalue weighted by Gasteiger charge is -2.14. The van der Waals surface area contributed by atoms with Crippen LogP contribution in [-0.4, -0.2) is 14.5 Å². The number of hydrogen-bond acceptors (Lipinski definition) is 4. The molecule has 0 aliphatic rings. The SMILES string of the molecule is Cn1cnc(C(NN)c2ccncc2F)c1. The molecule has 0 amide bonds. The van der Waals surface area contributed by atoms with E-state index in [2.05, 4.69) is 15.4 Å². The molecule has 84 valence electrons. The summed E-state index contributed by atoms with van der Waals surface area (Å²) in [5.41, 5.74) is 3.63. The molecular weight excluding hydrogens is 209 g/mol. The number of hydrogen-bond donors (Lipinski definition) is 2. The Balaban J connectivity index is 2.40. The molecule has 0 aliphatic carbocycles. The first-order chi connectivity index (χ1) is 7.72. The maximum Gasteiger partial charge on any atom is 0.146 e. The van der Waals surface area contributed by atoms with Gasteiger partial charge in [0, 0.05) is 25.0 Å². The first-order valence-electron chi connectivity index (χ1n) is 4.75. The molecular formula is C10H12FN5. The molecule has 0 spiro atoms. The lowest BCUT2D eigenvalue weighted by Crippen LogP contribution is -2.29. The summed E-state index contributed by atoms with van der Waals surface area (Å²) in [6.07, 6.45) is 6.09. The van der Waals surface area contributed by atoms with Crippen molar-refractivity contribution in [3.05, 3.63) is 48.1 Å². The van der Waals surface area contributed by atoms with Gasteiger partial charge in [0.1, 0.15) is 5.82 Å². The van der Waals surface area contributed by atoms with Crippen LogP contribution < -0.4 is 11.3 Å². The van der Waals surface area contributed by atoms with E-state index in [0.717, 1.165) is 6.20 Å². The first kappa shape index (κ1) is 10.7. The summed E-state index contributed by atoms with van der Waals surface area (Å²) < 4.78 is 15.3. The number of rotatable bonds is 3. The van der Waals surface area contributed by atoms with E-state index >= 15 is 0 Å². The van der Waals surface area contributed by atoms with Crippen LogP contribution in [0.4, 0.5) is 4.39 Å². The van der Waals surface area contributed by atoms with Gasteiger partial charge in [-0.05, 0) is 6.07 Å². The van der Waals surface area contributed by atoms with Crippen molar-refractivity contribution in [1.29, 1.82) is 0 Å². The van der Waals surface area contributed by atoms with E-state index in [1.807, 2.05) is 7.05 Å². The minimum absolute atomic E-state index is 0.406. The number of pyridine rings is 1. The Bertz CT molecular complexity index is 482. The van der Waals surface area contributed by atoms with Gasteiger partial charge in [0.05, 0.1) is 24.3 Å². The van der Waals surface area contributed by atoms with E-state index < -0.39 is 11.9 Å². The highest BCUT2D eigenvalue weighted by Crippen LogP contribution is 2.21. The quantitative estimate of drug-likeness (QED) is 0.585. The number of halogens is 1. The zero-order chi connectivity index (χ0) is 11.5. The third kappa shape index (κ3) is 1.93. The third-order valence-corrected chi connectivity index (χ3v) is 2.30. The van der Waals surface area contributed by atoms with Gasteiger partial charge >= 0.3 is 0 Å². The standard InChI is InChI=1S/C10H12FN5/c1-16-5-9(14-6-16)10(15-12)7-2-3-13-4-8(7)11/h2-6,10,15H,12H2,1H3. The van der Waals surface area contributed by atoms with Gasteiger partial charge in [0.15, 0.2) is 0 Å². The second kappa shape index (κ2) is 4.38. The molecule has 0 aromatic carbocycles. The number of nitrogens with two attached hydrogens (primary N) is 1. The summed E-state index contributed by atoms with van der Waals surface area (Å²) in [7, 11) is 1.84. The maximum atomic E-state index is 13.5. The van der Waals surface area contributed by atoms with Gasteiger partial charge in [-0.3, -0.25) is 10.8 Å². The number of hydrazine groups is 1. The van der Waals surface area contributed by atoms with Crippen LogP contribution in [0.1, 0.15) is 17.3 Å². The van der Waals surface area contributed by atoms with E-state index in [-0.39, 0.29) is 0 Å². The number of aryl methyl sites for hydroxylation is 1. The summed E-state index contributed by atoms with van der Waals surface area (Å²) in [5.74, 6) is 5.02. The van der Waals surface area contributed by atoms with Crippen molar-refractivity contribution in [2.45, 2.75) is 6.04 Å². The Morgan fingerprint density at radius 1 is 1.56 bits per heavy atom. The predicted octanol–water partition coefficient (Wildman–Crippen LogP) is 0.507. The van der Waals surface area contributed by atoms with Crippen molar-refractivity contribution in [2.24, 2.45) is 12.9 Å². The van der Waals surface area contributed by atoms with Crippen LogP contribution in [0.3, 0.4) is 0 Å². The van der Waals surface area contributed by atoms with Gasteiger partial charge in [0.25, 0.3) is 0 Å². The number of nitrogens with one attached hydrogen (secondary N) is 1. The van der Waals surface area contributed by atoms with E-state index in [9.17, 15) is 4.39 Å². The van der Waals surface area contributed by atoms with E-state index in [1.165, 1.54) is 6.20 Å². The molecule has 6 heteroatoms. The predicted molar refractivity (Wildman–Crippen MR) is 56.6 cm³/mol. The van der Waals surface area contributed by atoms with Crippen molar-refractivity contribution in [3.8, 4) is 0 Å². The highest BCUT2D eigenvalue weighted by molar-refractivity contribution is 5.25. The fourth-order valence-electron chi connectivity index (χ4n) is 1.54. The van der Waals surface area contributed by atoms with Gasteiger partial charge in [-0.1, -0.05) is 0 Å². The topological polar surface area (TPSA) is 68.8 Å². The third-order valence-electron chi connectivity index (χ3n) is 2.30. The zero-order valence-electron chi connectivity index (χ0n) is 8.76. The molecule has 2 aromatic rings. The van der Waals surface area contributed by atoms with Crippen molar-refractivity contribution in [1.82, 2.24) is 20.0 Å². The molecule has 0 fully saturated rings. The first-order valence-corrected chi connectivity index (χ1v) is 4.75. The summed E-state index contributed by atoms with van der Waals surface area (Å²) in [4.78, 5) is 7.83. The van der Waals surface area contributed by atoms with Gasteiger partial charge in [-0.15, -0.1) is 0 Å². The molecule has 0 radical (unpaired) electrons. The zero-order valence-corrected chi connectivity index (χ0v) is 8.76. The summed E-state index contributed by atoms with van der Waals surface area (Å²) in [6, 6.07) is 1.11. The molecule has 0 saturated carbocycles. The van der Waals surface area contributed by atoms with Gasteiger partial charge in [-0.25, -0.2) is 14.8 Å². The molecule has 5 nitrogen and oxygen atoms in total. The van der Waals surface area contributed by atoms with Crippen LogP contribution in [0.15, 0.2) is 31.0 Å². The molecule has 2 heterocycles. The van der Waals surface area contributed by atoms with Crippen LogP contribution >= 0.6 is 0 Å². The second-order valence-corrected chi connectivity index (χ2v) is 3.46. The minimum Gasteiger partial charge on any atom is -0.340 e. The van der Waals surface area contributed by atoms with Crippen molar-refractivity contribution >= 4 is 0 Å². The lowest BCUT2D eigenvalue weighted by atomic mass is 10.1. The van der Waals surface area contributed by atoms with Crippen molar-refractivity contribution in [2.75, 3.05) is 0 Å². The van der Waals surface area contributed by atoms with Gasteiger partial charge in [0.2, 0.25) is 0 Å². The summed E-state index contributed by atoms with van der Waals surface area (Å²) in [5, 5.41) is 0. The second-order valence-electron chi connectivity index (χ2n) is 3.46. The Kier molecular flexibility index (Phi) is 2.93. The monoisotopic (exact) mass is 221 g/mol. The molecule has 2 rings (SSSR count). The minimum atomic E-state index is -0.468. The highest BCUT2D eigenvalue weighted by Gasteiger charge is 2.18. The average molecular weight is 221 g/mol. The lowest BCUT2D eigenvalue weighted by molar-refractivity contribution is 0.550. The van der Waals surface area contributed by atoms with Crippen LogP contribution in [0.2, 0.25) is 0 Å². The normalized spacial score (nSPS) is 12.7. The van der Waals surface area contributed by atoms with Crippen LogP contribution in [0, 0.1) is 5.82 Å². The molecule has 1 atom stereocenters. The Morgan fingerprint density at radius 2 is 2.38 bits per heavy atom. The molecule has 1 unspecified atom stereocenters. The molecule has 3 N–H and O–H groups in total. The van der Waals surface area contributed by atoms with Gasteiger partial charge in [-0.2, -0.15) is 0 Å². The Hall–Kier alpha value is -1.79. The summed E-state index contributed by atoms with van der Waals surface area (Å²) in [6.45, 7) is 0. The number of imidazole rings is 1. The molecule has 0 aliphatic heterocycles. The van der Waals surface area contributed by atoms with Crippen molar-refractivity contribution < 1.29 is 4.39 Å². The largest absolute Gasteiger partial charge is 0.340 e. The van der Waals surface area contributed by atoms with E-state index in [4.69, 9.17) is 5.84 Å². The smallest absolute Gasteiger partial charge is 0.146 e. The van der Waals surface area contributed by atoms with Crippen LogP contribution in [0.5, 0.6) is 0 Å². The van der Waals surface area contributed by atoms with Crippen LogP contribution in [0.25, 0.3) is 0 Å². The molecule has 2 aromatic heterocycles. The van der Waals surface area contributed by atoms with Crippen molar-refractivity contribution in [3.63, 3.8) is 0 Å². The fourth-order valence-corrected chi connectivity index (χ4v) is 1.54. The number of aromatic nitrogens is 3. The molecule has 0 bridgehead atoms. The van der Waals surface area contributed by atoms with E-state index in [1.54, 1.807) is 23.2 Å². The Morgan fingerprint density at radius 3 is 2.94 bits per heavy atom. The maximum absolute atomic E-state index is 13.5. The van der Waals surface area contributed by atoms with E-state index in [0.29, 0.717) is 11.3 Å². The average Bonchev–Trinajstić information content (AvgIpc) is 2.69.